The average molecular weight is 449 g/mol. The van der Waals surface area contributed by atoms with E-state index >= 15 is 0 Å². The molecule has 1 aliphatic rings. The van der Waals surface area contributed by atoms with E-state index in [0.29, 0.717) is 21.8 Å². The first kappa shape index (κ1) is 19.0. The van der Waals surface area contributed by atoms with Crippen LogP contribution in [0.25, 0.3) is 21.6 Å². The zero-order chi connectivity index (χ0) is 20.0. The summed E-state index contributed by atoms with van der Waals surface area (Å²) in [6, 6.07) is 14.5. The van der Waals surface area contributed by atoms with Gasteiger partial charge in [0.1, 0.15) is 5.69 Å². The third-order valence-electron chi connectivity index (χ3n) is 4.70. The Morgan fingerprint density at radius 3 is 2.66 bits per heavy atom. The largest absolute Gasteiger partial charge is 0.291 e. The van der Waals surface area contributed by atoms with E-state index in [1.165, 1.54) is 5.56 Å². The lowest BCUT2D eigenvalue weighted by molar-refractivity contribution is 0.150. The highest BCUT2D eigenvalue weighted by molar-refractivity contribution is 7.98. The van der Waals surface area contributed by atoms with Gasteiger partial charge in [-0.05, 0) is 30.5 Å². The quantitative estimate of drug-likeness (QED) is 0.305. The SMILES string of the molecule is FC(F)c1nnc(-c2nn(C3CC3)c3c(Cl)cc(SCc4ccccc4)cc23)s1. The fourth-order valence-corrected chi connectivity index (χ4v) is 5.18. The Bertz CT molecular complexity index is 1170. The van der Waals surface area contributed by atoms with Gasteiger partial charge in [-0.25, -0.2) is 8.78 Å². The predicted octanol–water partition coefficient (Wildman–Crippen LogP) is 6.77. The predicted molar refractivity (Wildman–Crippen MR) is 113 cm³/mol. The van der Waals surface area contributed by atoms with E-state index in [0.717, 1.165) is 45.7 Å². The van der Waals surface area contributed by atoms with Gasteiger partial charge >= 0.3 is 0 Å². The second kappa shape index (κ2) is 7.66. The lowest BCUT2D eigenvalue weighted by Gasteiger charge is -2.06. The fourth-order valence-electron chi connectivity index (χ4n) is 3.18. The highest BCUT2D eigenvalue weighted by Gasteiger charge is 2.30. The number of hydrogen-bond donors (Lipinski definition) is 0. The van der Waals surface area contributed by atoms with Gasteiger partial charge in [0.25, 0.3) is 6.43 Å². The average Bonchev–Trinajstić information content (AvgIpc) is 3.31. The maximum Gasteiger partial charge on any atom is 0.291 e. The van der Waals surface area contributed by atoms with Crippen LogP contribution in [0.4, 0.5) is 8.78 Å². The zero-order valence-electron chi connectivity index (χ0n) is 15.1. The van der Waals surface area contributed by atoms with Crippen LogP contribution in [-0.4, -0.2) is 20.0 Å². The monoisotopic (exact) mass is 448 g/mol. The molecule has 0 atom stereocenters. The molecule has 0 spiro atoms. The van der Waals surface area contributed by atoms with E-state index in [1.54, 1.807) is 11.8 Å². The Morgan fingerprint density at radius 1 is 1.17 bits per heavy atom. The summed E-state index contributed by atoms with van der Waals surface area (Å²) in [7, 11) is 0. The Labute approximate surface area is 178 Å². The maximum atomic E-state index is 13.0. The first-order valence-corrected chi connectivity index (χ1v) is 11.3. The van der Waals surface area contributed by atoms with Gasteiger partial charge in [-0.1, -0.05) is 53.3 Å². The molecular weight excluding hydrogens is 434 g/mol. The molecule has 0 N–H and O–H groups in total. The van der Waals surface area contributed by atoms with Crippen LogP contribution >= 0.6 is 34.7 Å². The molecule has 2 aromatic heterocycles. The van der Waals surface area contributed by atoms with Crippen LogP contribution in [-0.2, 0) is 5.75 Å². The van der Waals surface area contributed by atoms with Crippen molar-refractivity contribution in [3.8, 4) is 10.7 Å². The Balaban J connectivity index is 1.57. The van der Waals surface area contributed by atoms with Crippen molar-refractivity contribution >= 4 is 45.6 Å². The number of benzene rings is 2. The standard InChI is InChI=1S/C20H15ClF2N4S2/c21-15-9-13(28-10-11-4-2-1-3-5-11)8-14-16(19-24-25-20(29-19)18(22)23)26-27(17(14)15)12-6-7-12/h1-5,8-9,12,18H,6-7,10H2. The Hall–Kier alpha value is -2.03. The molecule has 9 heteroatoms. The summed E-state index contributed by atoms with van der Waals surface area (Å²) in [6.45, 7) is 0. The molecule has 0 radical (unpaired) electrons. The normalized spacial score (nSPS) is 14.2. The molecule has 1 aliphatic carbocycles. The first-order valence-electron chi connectivity index (χ1n) is 9.10. The molecule has 0 unspecified atom stereocenters. The van der Waals surface area contributed by atoms with Crippen molar-refractivity contribution in [2.45, 2.75) is 36.0 Å². The highest BCUT2D eigenvalue weighted by Crippen LogP contribution is 2.44. The topological polar surface area (TPSA) is 43.6 Å². The zero-order valence-corrected chi connectivity index (χ0v) is 17.4. The van der Waals surface area contributed by atoms with E-state index in [-0.39, 0.29) is 5.01 Å². The van der Waals surface area contributed by atoms with Crippen LogP contribution in [0.3, 0.4) is 0 Å². The fraction of sp³-hybridized carbons (Fsp3) is 0.250. The second-order valence-electron chi connectivity index (χ2n) is 6.85. The van der Waals surface area contributed by atoms with Crippen LogP contribution in [0, 0.1) is 0 Å². The first-order chi connectivity index (χ1) is 14.1. The van der Waals surface area contributed by atoms with Gasteiger partial charge in [-0.3, -0.25) is 4.68 Å². The van der Waals surface area contributed by atoms with E-state index in [9.17, 15) is 8.78 Å². The molecule has 0 saturated heterocycles. The maximum absolute atomic E-state index is 13.0. The minimum Gasteiger partial charge on any atom is -0.260 e. The summed E-state index contributed by atoms with van der Waals surface area (Å²) < 4.78 is 27.9. The van der Waals surface area contributed by atoms with E-state index in [1.807, 2.05) is 35.0 Å². The minimum atomic E-state index is -2.64. The van der Waals surface area contributed by atoms with Crippen molar-refractivity contribution in [3.05, 3.63) is 58.1 Å². The smallest absolute Gasteiger partial charge is 0.260 e. The second-order valence-corrected chi connectivity index (χ2v) is 9.31. The summed E-state index contributed by atoms with van der Waals surface area (Å²) >= 11 is 9.20. The van der Waals surface area contributed by atoms with Gasteiger partial charge in [-0.15, -0.1) is 22.0 Å². The molecule has 0 amide bonds. The molecule has 1 saturated carbocycles. The van der Waals surface area contributed by atoms with Crippen LogP contribution < -0.4 is 0 Å². The lowest BCUT2D eigenvalue weighted by atomic mass is 10.2. The number of hydrogen-bond acceptors (Lipinski definition) is 5. The molecule has 0 aliphatic heterocycles. The van der Waals surface area contributed by atoms with Crippen LogP contribution in [0.5, 0.6) is 0 Å². The molecule has 2 heterocycles. The van der Waals surface area contributed by atoms with Crippen LogP contribution in [0.2, 0.25) is 5.02 Å². The van der Waals surface area contributed by atoms with Crippen molar-refractivity contribution < 1.29 is 8.78 Å². The van der Waals surface area contributed by atoms with Crippen molar-refractivity contribution in [1.29, 1.82) is 0 Å². The minimum absolute atomic E-state index is 0.296. The Morgan fingerprint density at radius 2 is 1.97 bits per heavy atom. The number of aromatic nitrogens is 4. The van der Waals surface area contributed by atoms with Crippen LogP contribution in [0.1, 0.15) is 35.9 Å². The van der Waals surface area contributed by atoms with Crippen molar-refractivity contribution in [1.82, 2.24) is 20.0 Å². The highest BCUT2D eigenvalue weighted by atomic mass is 35.5. The van der Waals surface area contributed by atoms with Gasteiger partial charge in [0.15, 0.2) is 10.0 Å². The molecule has 0 bridgehead atoms. The van der Waals surface area contributed by atoms with Gasteiger partial charge in [0.05, 0.1) is 16.6 Å². The number of rotatable bonds is 6. The van der Waals surface area contributed by atoms with Gasteiger partial charge in [0.2, 0.25) is 0 Å². The third-order valence-corrected chi connectivity index (χ3v) is 6.97. The van der Waals surface area contributed by atoms with Crippen molar-refractivity contribution in [3.63, 3.8) is 0 Å². The molecule has 4 nitrogen and oxygen atoms in total. The number of nitrogens with zero attached hydrogens (tertiary/aromatic N) is 4. The summed E-state index contributed by atoms with van der Waals surface area (Å²) in [6.07, 6.45) is -0.566. The summed E-state index contributed by atoms with van der Waals surface area (Å²) in [4.78, 5) is 1.00. The summed E-state index contributed by atoms with van der Waals surface area (Å²) in [5.41, 5.74) is 2.62. The Kier molecular flexibility index (Phi) is 5.01. The molecule has 5 rings (SSSR count). The third kappa shape index (κ3) is 3.76. The van der Waals surface area contributed by atoms with E-state index in [4.69, 9.17) is 16.7 Å². The molecule has 2 aromatic carbocycles. The van der Waals surface area contributed by atoms with Crippen LogP contribution in [0.15, 0.2) is 47.4 Å². The van der Waals surface area contributed by atoms with Gasteiger partial charge in [0, 0.05) is 16.0 Å². The number of alkyl halides is 2. The molecule has 4 aromatic rings. The van der Waals surface area contributed by atoms with Crippen molar-refractivity contribution in [2.75, 3.05) is 0 Å². The summed E-state index contributed by atoms with van der Waals surface area (Å²) in [5, 5.41) is 13.8. The molecular formula is C20H15ClF2N4S2. The molecule has 1 fully saturated rings. The van der Waals surface area contributed by atoms with E-state index in [2.05, 4.69) is 22.3 Å². The molecule has 29 heavy (non-hydrogen) atoms. The lowest BCUT2D eigenvalue weighted by Crippen LogP contribution is -1.96. The van der Waals surface area contributed by atoms with E-state index < -0.39 is 6.43 Å². The van der Waals surface area contributed by atoms with Gasteiger partial charge < -0.3 is 0 Å². The summed E-state index contributed by atoms with van der Waals surface area (Å²) in [5.74, 6) is 0.809. The molecule has 148 valence electrons. The number of thioether (sulfide) groups is 1. The number of fused-ring (bicyclic) bond motifs is 1. The van der Waals surface area contributed by atoms with Gasteiger partial charge in [-0.2, -0.15) is 5.10 Å². The van der Waals surface area contributed by atoms with Crippen molar-refractivity contribution in [2.24, 2.45) is 0 Å². The number of halogens is 3.